The third kappa shape index (κ3) is 4.24. The first-order valence-corrected chi connectivity index (χ1v) is 7.40. The van der Waals surface area contributed by atoms with E-state index in [-0.39, 0.29) is 28.1 Å². The van der Waals surface area contributed by atoms with E-state index in [0.29, 0.717) is 0 Å². The van der Waals surface area contributed by atoms with Crippen LogP contribution in [0.2, 0.25) is 10.0 Å². The van der Waals surface area contributed by atoms with Gasteiger partial charge in [0.2, 0.25) is 10.0 Å². The third-order valence-electron chi connectivity index (χ3n) is 2.13. The number of benzene rings is 1. The zero-order chi connectivity index (χ0) is 14.6. The monoisotopic (exact) mass is 327 g/mol. The molecule has 2 N–H and O–H groups in total. The molecular formula is C10H11Cl2NO5S. The molecule has 9 heteroatoms. The highest BCUT2D eigenvalue weighted by atomic mass is 35.5. The molecule has 0 aliphatic rings. The largest absolute Gasteiger partial charge is 0.478 e. The summed E-state index contributed by atoms with van der Waals surface area (Å²) in [6.07, 6.45) is 0. The summed E-state index contributed by atoms with van der Waals surface area (Å²) >= 11 is 11.5. The number of carbonyl (C=O) groups is 1. The average Bonchev–Trinajstić information content (AvgIpc) is 2.30. The summed E-state index contributed by atoms with van der Waals surface area (Å²) in [5, 5.41) is 8.88. The Labute approximate surface area is 120 Å². The van der Waals surface area contributed by atoms with Crippen molar-refractivity contribution in [2.24, 2.45) is 0 Å². The topological polar surface area (TPSA) is 92.7 Å². The van der Waals surface area contributed by atoms with Crippen LogP contribution in [-0.4, -0.2) is 39.0 Å². The number of hydrogen-bond acceptors (Lipinski definition) is 4. The van der Waals surface area contributed by atoms with Gasteiger partial charge in [-0.05, 0) is 12.1 Å². The average molecular weight is 328 g/mol. The first-order chi connectivity index (χ1) is 8.78. The number of carboxylic acids is 1. The van der Waals surface area contributed by atoms with Crippen molar-refractivity contribution in [3.8, 4) is 0 Å². The fraction of sp³-hybridized carbons (Fsp3) is 0.300. The Bertz CT molecular complexity index is 588. The standard InChI is InChI=1S/C10H11Cl2NO5S/c1-18-4-5-19(16,17)13-9-7(12)3-2-6(11)8(9)10(14)15/h2-3,13H,4-5H2,1H3,(H,14,15). The Morgan fingerprint density at radius 1 is 1.37 bits per heavy atom. The number of carboxylic acid groups (broad SMARTS) is 1. The van der Waals surface area contributed by atoms with Gasteiger partial charge in [-0.15, -0.1) is 0 Å². The number of aromatic carboxylic acids is 1. The minimum atomic E-state index is -3.77. The van der Waals surface area contributed by atoms with Gasteiger partial charge in [-0.25, -0.2) is 13.2 Å². The fourth-order valence-corrected chi connectivity index (χ4v) is 2.77. The van der Waals surface area contributed by atoms with Gasteiger partial charge >= 0.3 is 5.97 Å². The highest BCUT2D eigenvalue weighted by Crippen LogP contribution is 2.32. The fourth-order valence-electron chi connectivity index (χ4n) is 1.26. The molecule has 0 heterocycles. The molecule has 0 aromatic heterocycles. The quantitative estimate of drug-likeness (QED) is 0.834. The molecule has 0 unspecified atom stereocenters. The minimum absolute atomic E-state index is 0.0318. The van der Waals surface area contributed by atoms with Crippen LogP contribution in [0.15, 0.2) is 12.1 Å². The number of sulfonamides is 1. The molecule has 1 rings (SSSR count). The zero-order valence-electron chi connectivity index (χ0n) is 9.81. The van der Waals surface area contributed by atoms with Crippen LogP contribution < -0.4 is 4.72 Å². The van der Waals surface area contributed by atoms with Crippen molar-refractivity contribution in [1.82, 2.24) is 0 Å². The molecule has 0 atom stereocenters. The summed E-state index contributed by atoms with van der Waals surface area (Å²) in [6.45, 7) is -0.0318. The van der Waals surface area contributed by atoms with Gasteiger partial charge < -0.3 is 9.84 Å². The van der Waals surface area contributed by atoms with E-state index in [1.165, 1.54) is 19.2 Å². The van der Waals surface area contributed by atoms with Crippen molar-refractivity contribution < 1.29 is 23.1 Å². The number of ether oxygens (including phenoxy) is 1. The van der Waals surface area contributed by atoms with Crippen LogP contribution in [0.4, 0.5) is 5.69 Å². The van der Waals surface area contributed by atoms with E-state index in [9.17, 15) is 13.2 Å². The predicted molar refractivity (Wildman–Crippen MR) is 72.7 cm³/mol. The molecular weight excluding hydrogens is 317 g/mol. The lowest BCUT2D eigenvalue weighted by Gasteiger charge is -2.13. The maximum Gasteiger partial charge on any atom is 0.339 e. The Hall–Kier alpha value is -1.02. The van der Waals surface area contributed by atoms with Crippen LogP contribution in [0.5, 0.6) is 0 Å². The van der Waals surface area contributed by atoms with Crippen LogP contribution in [0.3, 0.4) is 0 Å². The molecule has 0 radical (unpaired) electrons. The first kappa shape index (κ1) is 16.0. The molecule has 6 nitrogen and oxygen atoms in total. The summed E-state index contributed by atoms with van der Waals surface area (Å²) in [4.78, 5) is 11.1. The van der Waals surface area contributed by atoms with Crippen molar-refractivity contribution in [2.75, 3.05) is 24.2 Å². The number of hydrogen-bond donors (Lipinski definition) is 2. The molecule has 1 aromatic carbocycles. The van der Waals surface area contributed by atoms with E-state index in [0.717, 1.165) is 0 Å². The summed E-state index contributed by atoms with van der Waals surface area (Å²) < 4.78 is 30.2. The highest BCUT2D eigenvalue weighted by molar-refractivity contribution is 7.92. The smallest absolute Gasteiger partial charge is 0.339 e. The van der Waals surface area contributed by atoms with Crippen molar-refractivity contribution in [3.63, 3.8) is 0 Å². The SMILES string of the molecule is COCCS(=O)(=O)Nc1c(Cl)ccc(Cl)c1C(=O)O. The van der Waals surface area contributed by atoms with E-state index in [4.69, 9.17) is 28.3 Å². The van der Waals surface area contributed by atoms with Gasteiger partial charge in [0.15, 0.2) is 0 Å². The number of anilines is 1. The highest BCUT2D eigenvalue weighted by Gasteiger charge is 2.21. The predicted octanol–water partition coefficient (Wildman–Crippen LogP) is 2.08. The van der Waals surface area contributed by atoms with Crippen LogP contribution in [0.1, 0.15) is 10.4 Å². The lowest BCUT2D eigenvalue weighted by molar-refractivity contribution is 0.0698. The van der Waals surface area contributed by atoms with Gasteiger partial charge in [-0.1, -0.05) is 23.2 Å². The van der Waals surface area contributed by atoms with E-state index >= 15 is 0 Å². The van der Waals surface area contributed by atoms with Crippen molar-refractivity contribution in [3.05, 3.63) is 27.7 Å². The minimum Gasteiger partial charge on any atom is -0.478 e. The number of rotatable bonds is 6. The first-order valence-electron chi connectivity index (χ1n) is 4.99. The van der Waals surface area contributed by atoms with Crippen LogP contribution >= 0.6 is 23.2 Å². The molecule has 0 saturated carbocycles. The second kappa shape index (κ2) is 6.42. The molecule has 0 bridgehead atoms. The third-order valence-corrected chi connectivity index (χ3v) is 3.98. The van der Waals surface area contributed by atoms with Crippen LogP contribution in [-0.2, 0) is 14.8 Å². The molecule has 0 fully saturated rings. The van der Waals surface area contributed by atoms with Crippen LogP contribution in [0.25, 0.3) is 0 Å². The number of methoxy groups -OCH3 is 1. The van der Waals surface area contributed by atoms with Gasteiger partial charge in [-0.3, -0.25) is 4.72 Å². The summed E-state index contributed by atoms with van der Waals surface area (Å²) in [5.41, 5.74) is -0.645. The van der Waals surface area contributed by atoms with Crippen molar-refractivity contribution in [2.45, 2.75) is 0 Å². The second-order valence-corrected chi connectivity index (χ2v) is 6.15. The lowest BCUT2D eigenvalue weighted by Crippen LogP contribution is -2.21. The van der Waals surface area contributed by atoms with E-state index < -0.39 is 21.6 Å². The van der Waals surface area contributed by atoms with Crippen LogP contribution in [0, 0.1) is 0 Å². The number of halogens is 2. The van der Waals surface area contributed by atoms with Crippen molar-refractivity contribution in [1.29, 1.82) is 0 Å². The van der Waals surface area contributed by atoms with Crippen molar-refractivity contribution >= 4 is 44.9 Å². The molecule has 19 heavy (non-hydrogen) atoms. The second-order valence-electron chi connectivity index (χ2n) is 3.50. The lowest BCUT2D eigenvalue weighted by atomic mass is 10.2. The molecule has 0 aliphatic carbocycles. The van der Waals surface area contributed by atoms with Gasteiger partial charge in [0, 0.05) is 7.11 Å². The van der Waals surface area contributed by atoms with E-state index in [1.807, 2.05) is 0 Å². The van der Waals surface area contributed by atoms with E-state index in [2.05, 4.69) is 9.46 Å². The van der Waals surface area contributed by atoms with Gasteiger partial charge in [0.05, 0.1) is 28.1 Å². The molecule has 0 aliphatic heterocycles. The van der Waals surface area contributed by atoms with E-state index in [1.54, 1.807) is 0 Å². The Kier molecular flexibility index (Phi) is 5.42. The van der Waals surface area contributed by atoms with Gasteiger partial charge in [-0.2, -0.15) is 0 Å². The van der Waals surface area contributed by atoms with Gasteiger partial charge in [0.1, 0.15) is 5.56 Å². The molecule has 1 aromatic rings. The Morgan fingerprint density at radius 3 is 2.47 bits per heavy atom. The molecule has 0 amide bonds. The molecule has 0 saturated heterocycles. The Balaban J connectivity index is 3.20. The summed E-state index contributed by atoms with van der Waals surface area (Å²) in [5.74, 6) is -1.71. The zero-order valence-corrected chi connectivity index (χ0v) is 12.1. The normalized spacial score (nSPS) is 11.3. The molecule has 106 valence electrons. The van der Waals surface area contributed by atoms with Gasteiger partial charge in [0.25, 0.3) is 0 Å². The maximum atomic E-state index is 11.7. The molecule has 0 spiro atoms. The Morgan fingerprint density at radius 2 is 1.95 bits per heavy atom. The number of nitrogens with one attached hydrogen (secondary N) is 1. The maximum absolute atomic E-state index is 11.7. The summed E-state index contributed by atoms with van der Waals surface area (Å²) in [6, 6.07) is 2.59. The summed E-state index contributed by atoms with van der Waals surface area (Å²) in [7, 11) is -2.42.